The topological polar surface area (TPSA) is 163 Å². The fourth-order valence-electron chi connectivity index (χ4n) is 3.59. The molecule has 1 aliphatic heterocycles. The van der Waals surface area contributed by atoms with Crippen molar-refractivity contribution in [3.8, 4) is 0 Å². The molecule has 37 heavy (non-hydrogen) atoms. The quantitative estimate of drug-likeness (QED) is 0.150. The van der Waals surface area contributed by atoms with E-state index in [0.717, 1.165) is 37.4 Å². The number of amides is 1. The molecule has 2 aromatic rings. The van der Waals surface area contributed by atoms with Crippen molar-refractivity contribution in [1.29, 1.82) is 0 Å². The van der Waals surface area contributed by atoms with Crippen molar-refractivity contribution in [2.45, 2.75) is 27.7 Å². The van der Waals surface area contributed by atoms with E-state index in [1.54, 1.807) is 25.4 Å². The second-order valence-corrected chi connectivity index (χ2v) is 10.2. The Morgan fingerprint density at radius 2 is 1.78 bits per heavy atom. The maximum atomic E-state index is 12.7. The Hall–Kier alpha value is -3.96. The fourth-order valence-corrected chi connectivity index (χ4v) is 3.59. The van der Waals surface area contributed by atoms with Gasteiger partial charge in [-0.3, -0.25) is 19.8 Å². The molecule has 11 nitrogen and oxygen atoms in total. The standard InChI is InChI=1S/C26H37N9O2/c1-17-22(11-19(14-31-17)25(37)32-24(28)12-23(36)26(2,3)4)35(29)16-21(27)18-10-20(15-30-13-18)34-8-6-33(5)7-9-34/h10-16,36H,6-9,27,29H2,1-5H3,(H2,28,32,37)/b21-16-,23-12-. The van der Waals surface area contributed by atoms with Crippen LogP contribution in [0.15, 0.2) is 53.8 Å². The number of carbonyl (C=O) groups is 1. The van der Waals surface area contributed by atoms with Crippen LogP contribution in [0.3, 0.4) is 0 Å². The second kappa shape index (κ2) is 11.4. The summed E-state index contributed by atoms with van der Waals surface area (Å²) >= 11 is 0. The molecule has 1 saturated heterocycles. The zero-order valence-electron chi connectivity index (χ0n) is 22.1. The highest BCUT2D eigenvalue weighted by Crippen LogP contribution is 2.23. The molecule has 3 heterocycles. The number of anilines is 2. The van der Waals surface area contributed by atoms with Crippen LogP contribution in [0.2, 0.25) is 0 Å². The number of nitrogens with two attached hydrogens (primary N) is 3. The predicted molar refractivity (Wildman–Crippen MR) is 148 cm³/mol. The predicted octanol–water partition coefficient (Wildman–Crippen LogP) is 2.16. The molecule has 3 rings (SSSR count). The summed E-state index contributed by atoms with van der Waals surface area (Å²) < 4.78 is 0. The maximum Gasteiger partial charge on any atom is 0.280 e. The number of aryl methyl sites for hydroxylation is 1. The Balaban J connectivity index is 1.81. The van der Waals surface area contributed by atoms with Crippen molar-refractivity contribution in [2.75, 3.05) is 43.1 Å². The van der Waals surface area contributed by atoms with Gasteiger partial charge in [-0.2, -0.15) is 4.99 Å². The minimum absolute atomic E-state index is 0.0178. The molecule has 11 heteroatoms. The van der Waals surface area contributed by atoms with Crippen molar-refractivity contribution in [1.82, 2.24) is 14.9 Å². The molecule has 2 aromatic heterocycles. The summed E-state index contributed by atoms with van der Waals surface area (Å²) in [5, 5.41) is 11.4. The van der Waals surface area contributed by atoms with E-state index < -0.39 is 11.3 Å². The van der Waals surface area contributed by atoms with E-state index in [4.69, 9.17) is 17.3 Å². The Kier molecular flexibility index (Phi) is 8.51. The Labute approximate surface area is 218 Å². The summed E-state index contributed by atoms with van der Waals surface area (Å²) in [6.45, 7) is 11.0. The first kappa shape index (κ1) is 27.6. The van der Waals surface area contributed by atoms with E-state index in [1.165, 1.54) is 17.3 Å². The van der Waals surface area contributed by atoms with E-state index in [1.807, 2.05) is 33.0 Å². The van der Waals surface area contributed by atoms with Gasteiger partial charge < -0.3 is 26.4 Å². The average Bonchev–Trinajstić information content (AvgIpc) is 2.84. The normalized spacial score (nSPS) is 16.2. The molecule has 1 amide bonds. The van der Waals surface area contributed by atoms with Crippen LogP contribution in [0.4, 0.5) is 11.4 Å². The molecular formula is C26H37N9O2. The first-order chi connectivity index (χ1) is 17.3. The van der Waals surface area contributed by atoms with Gasteiger partial charge in [-0.15, -0.1) is 0 Å². The van der Waals surface area contributed by atoms with Crippen LogP contribution in [0.5, 0.6) is 0 Å². The lowest BCUT2D eigenvalue weighted by Crippen LogP contribution is -2.44. The van der Waals surface area contributed by atoms with Gasteiger partial charge in [0.1, 0.15) is 11.6 Å². The number of pyridine rings is 2. The minimum Gasteiger partial charge on any atom is -0.512 e. The number of hydrazine groups is 1. The van der Waals surface area contributed by atoms with E-state index in [9.17, 15) is 9.90 Å². The molecule has 7 N–H and O–H groups in total. The first-order valence-electron chi connectivity index (χ1n) is 12.0. The number of aliphatic hydroxyl groups is 1. The van der Waals surface area contributed by atoms with Crippen molar-refractivity contribution in [2.24, 2.45) is 27.7 Å². The molecule has 0 aromatic carbocycles. The molecule has 0 aliphatic carbocycles. The third kappa shape index (κ3) is 7.28. The number of allylic oxidation sites excluding steroid dienone is 1. The zero-order valence-corrected chi connectivity index (χ0v) is 22.1. The van der Waals surface area contributed by atoms with Gasteiger partial charge >= 0.3 is 0 Å². The molecule has 0 unspecified atom stereocenters. The number of aromatic nitrogens is 2. The van der Waals surface area contributed by atoms with Gasteiger partial charge in [0.15, 0.2) is 0 Å². The average molecular weight is 508 g/mol. The van der Waals surface area contributed by atoms with Gasteiger partial charge in [0, 0.05) is 61.8 Å². The van der Waals surface area contributed by atoms with Crippen LogP contribution in [0.25, 0.3) is 5.70 Å². The van der Waals surface area contributed by atoms with Gasteiger partial charge in [0.25, 0.3) is 5.91 Å². The number of amidine groups is 1. The number of hydrogen-bond donors (Lipinski definition) is 4. The maximum absolute atomic E-state index is 12.7. The number of rotatable bonds is 6. The van der Waals surface area contributed by atoms with E-state index >= 15 is 0 Å². The SMILES string of the molecule is Cc1ncc(C(=O)N=C(N)/C=C(\O)C(C)(C)C)cc1N(N)/C=C(\N)c1cncc(N2CCN(C)CC2)c1. The molecule has 1 aliphatic rings. The van der Waals surface area contributed by atoms with E-state index in [0.29, 0.717) is 17.1 Å². The summed E-state index contributed by atoms with van der Waals surface area (Å²) in [6, 6.07) is 3.55. The van der Waals surface area contributed by atoms with Crippen LogP contribution in [0.1, 0.15) is 42.4 Å². The molecule has 1 fully saturated rings. The number of aliphatic imine (C=N–C) groups is 1. The summed E-state index contributed by atoms with van der Waals surface area (Å²) in [5.41, 5.74) is 15.1. The fraction of sp³-hybridized carbons (Fsp3) is 0.385. The van der Waals surface area contributed by atoms with Crippen molar-refractivity contribution >= 4 is 28.8 Å². The largest absolute Gasteiger partial charge is 0.512 e. The zero-order chi connectivity index (χ0) is 27.3. The van der Waals surface area contributed by atoms with Gasteiger partial charge in [0.2, 0.25) is 0 Å². The summed E-state index contributed by atoms with van der Waals surface area (Å²) in [4.78, 5) is 29.7. The molecule has 0 spiro atoms. The number of hydrogen-bond acceptors (Lipinski definition) is 9. The third-order valence-corrected chi connectivity index (χ3v) is 6.07. The molecule has 0 radical (unpaired) electrons. The number of piperazine rings is 1. The lowest BCUT2D eigenvalue weighted by atomic mass is 9.93. The van der Waals surface area contributed by atoms with Gasteiger partial charge in [-0.05, 0) is 26.1 Å². The lowest BCUT2D eigenvalue weighted by Gasteiger charge is -2.34. The van der Waals surface area contributed by atoms with E-state index in [-0.39, 0.29) is 17.2 Å². The number of likely N-dealkylation sites (N-methyl/N-ethyl adjacent to an activating group) is 1. The first-order valence-corrected chi connectivity index (χ1v) is 12.0. The number of carbonyl (C=O) groups excluding carboxylic acids is 1. The van der Waals surface area contributed by atoms with Crippen LogP contribution in [0, 0.1) is 12.3 Å². The summed E-state index contributed by atoms with van der Waals surface area (Å²) in [7, 11) is 2.11. The van der Waals surface area contributed by atoms with Crippen LogP contribution in [-0.2, 0) is 0 Å². The molecule has 0 bridgehead atoms. The minimum atomic E-state index is -0.612. The highest BCUT2D eigenvalue weighted by Gasteiger charge is 2.18. The van der Waals surface area contributed by atoms with Crippen LogP contribution >= 0.6 is 0 Å². The van der Waals surface area contributed by atoms with Crippen molar-refractivity contribution in [3.63, 3.8) is 0 Å². The second-order valence-electron chi connectivity index (χ2n) is 10.2. The lowest BCUT2D eigenvalue weighted by molar-refractivity contribution is 0.100. The molecule has 0 atom stereocenters. The molecule has 198 valence electrons. The number of nitrogens with zero attached hydrogens (tertiary/aromatic N) is 6. The summed E-state index contributed by atoms with van der Waals surface area (Å²) in [6.07, 6.45) is 7.74. The highest BCUT2D eigenvalue weighted by atomic mass is 16.3. The Morgan fingerprint density at radius 3 is 2.43 bits per heavy atom. The Bertz CT molecular complexity index is 1220. The number of aliphatic hydroxyl groups excluding tert-OH is 1. The monoisotopic (exact) mass is 507 g/mol. The van der Waals surface area contributed by atoms with Crippen molar-refractivity contribution in [3.05, 3.63) is 65.6 Å². The highest BCUT2D eigenvalue weighted by molar-refractivity contribution is 6.06. The third-order valence-electron chi connectivity index (χ3n) is 6.07. The van der Waals surface area contributed by atoms with Crippen molar-refractivity contribution < 1.29 is 9.90 Å². The Morgan fingerprint density at radius 1 is 1.11 bits per heavy atom. The molecular weight excluding hydrogens is 470 g/mol. The van der Waals surface area contributed by atoms with Gasteiger partial charge in [-0.1, -0.05) is 20.8 Å². The van der Waals surface area contributed by atoms with Crippen LogP contribution in [-0.4, -0.2) is 64.9 Å². The smallest absolute Gasteiger partial charge is 0.280 e. The van der Waals surface area contributed by atoms with E-state index in [2.05, 4.69) is 31.8 Å². The van der Waals surface area contributed by atoms with Gasteiger partial charge in [-0.25, -0.2) is 5.84 Å². The summed E-state index contributed by atoms with van der Waals surface area (Å²) in [5.74, 6) is 5.60. The molecule has 0 saturated carbocycles. The van der Waals surface area contributed by atoms with Crippen LogP contribution < -0.4 is 27.2 Å². The van der Waals surface area contributed by atoms with Gasteiger partial charge in [0.05, 0.1) is 34.5 Å².